The molecule has 4 rings (SSSR count). The normalized spacial score (nSPS) is 16.7. The molecule has 2 aromatic rings. The molecule has 0 spiro atoms. The van der Waals surface area contributed by atoms with Crippen molar-refractivity contribution in [2.45, 2.75) is 78.6 Å². The van der Waals surface area contributed by atoms with Crippen molar-refractivity contribution >= 4 is 5.97 Å². The van der Waals surface area contributed by atoms with Crippen LogP contribution in [-0.2, 0) is 28.8 Å². The molecule has 0 N–H and O–H groups in total. The second kappa shape index (κ2) is 8.64. The van der Waals surface area contributed by atoms with Crippen molar-refractivity contribution in [3.8, 4) is 16.9 Å². The Morgan fingerprint density at radius 2 is 1.94 bits per heavy atom. The maximum Gasteiger partial charge on any atom is 0.313 e. The fourth-order valence-electron chi connectivity index (χ4n) is 5.22. The van der Waals surface area contributed by atoms with E-state index < -0.39 is 0 Å². The van der Waals surface area contributed by atoms with Crippen molar-refractivity contribution < 1.29 is 14.3 Å². The molecule has 1 unspecified atom stereocenters. The van der Waals surface area contributed by atoms with Gasteiger partial charge in [0, 0.05) is 11.4 Å². The zero-order valence-electron chi connectivity index (χ0n) is 19.6. The fourth-order valence-corrected chi connectivity index (χ4v) is 5.22. The van der Waals surface area contributed by atoms with E-state index in [1.807, 2.05) is 0 Å². The molecule has 2 heterocycles. The summed E-state index contributed by atoms with van der Waals surface area (Å²) in [6.45, 7) is 9.39. The number of aromatic nitrogens is 1. The molecule has 1 aliphatic heterocycles. The zero-order chi connectivity index (χ0) is 22.2. The summed E-state index contributed by atoms with van der Waals surface area (Å²) >= 11 is 0. The molecule has 1 atom stereocenters. The van der Waals surface area contributed by atoms with Crippen molar-refractivity contribution in [1.29, 1.82) is 0 Å². The third kappa shape index (κ3) is 4.49. The van der Waals surface area contributed by atoms with Crippen LogP contribution in [0, 0.1) is 12.3 Å². The minimum atomic E-state index is -0.327. The lowest BCUT2D eigenvalue weighted by Crippen LogP contribution is -2.24. The molecule has 0 saturated carbocycles. The zero-order valence-corrected chi connectivity index (χ0v) is 19.6. The molecule has 1 aromatic heterocycles. The average Bonchev–Trinajstić information content (AvgIpc) is 2.75. The van der Waals surface area contributed by atoms with Gasteiger partial charge in [0.25, 0.3) is 0 Å². The van der Waals surface area contributed by atoms with Gasteiger partial charge < -0.3 is 9.47 Å². The minimum Gasteiger partial charge on any atom is -0.493 e. The van der Waals surface area contributed by atoms with E-state index in [9.17, 15) is 4.79 Å². The number of rotatable bonds is 4. The standard InChI is InChI=1S/C27H35NO3/c1-17-24(21(26(29)30-5)16-27(2,3)4)25(20-10-6-7-11-22(20)28-17)19-12-13-23-18(15-19)9-8-14-31-23/h12-13,15,21H,6-11,14,16H2,1-5H3. The van der Waals surface area contributed by atoms with Crippen LogP contribution in [0.25, 0.3) is 11.1 Å². The number of aryl methyl sites for hydroxylation is 3. The first-order valence-corrected chi connectivity index (χ1v) is 11.6. The highest BCUT2D eigenvalue weighted by atomic mass is 16.5. The Balaban J connectivity index is 1.96. The van der Waals surface area contributed by atoms with Crippen LogP contribution in [0.1, 0.15) is 80.5 Å². The van der Waals surface area contributed by atoms with Crippen LogP contribution < -0.4 is 4.74 Å². The van der Waals surface area contributed by atoms with E-state index in [1.165, 1.54) is 47.9 Å². The number of benzene rings is 1. The number of ether oxygens (including phenoxy) is 2. The van der Waals surface area contributed by atoms with Gasteiger partial charge >= 0.3 is 5.97 Å². The van der Waals surface area contributed by atoms with Gasteiger partial charge in [-0.15, -0.1) is 0 Å². The maximum atomic E-state index is 13.1. The number of carbonyl (C=O) groups excluding carboxylic acids is 1. The topological polar surface area (TPSA) is 48.4 Å². The fraction of sp³-hybridized carbons (Fsp3) is 0.556. The van der Waals surface area contributed by atoms with Gasteiger partial charge in [-0.05, 0) is 97.2 Å². The molecule has 4 heteroatoms. The van der Waals surface area contributed by atoms with E-state index >= 15 is 0 Å². The number of hydrogen-bond acceptors (Lipinski definition) is 4. The summed E-state index contributed by atoms with van der Waals surface area (Å²) in [6.07, 6.45) is 7.18. The van der Waals surface area contributed by atoms with Crippen molar-refractivity contribution in [2.24, 2.45) is 5.41 Å². The van der Waals surface area contributed by atoms with Gasteiger partial charge in [0.1, 0.15) is 5.75 Å². The third-order valence-electron chi connectivity index (χ3n) is 6.55. The van der Waals surface area contributed by atoms with Gasteiger partial charge in [-0.3, -0.25) is 9.78 Å². The van der Waals surface area contributed by atoms with Crippen molar-refractivity contribution in [1.82, 2.24) is 4.98 Å². The predicted octanol–water partition coefficient (Wildman–Crippen LogP) is 5.95. The molecular formula is C27H35NO3. The second-order valence-electron chi connectivity index (χ2n) is 10.2. The van der Waals surface area contributed by atoms with Gasteiger partial charge in [-0.25, -0.2) is 0 Å². The quantitative estimate of drug-likeness (QED) is 0.572. The Bertz CT molecular complexity index is 987. The molecule has 1 aliphatic carbocycles. The van der Waals surface area contributed by atoms with E-state index in [0.717, 1.165) is 55.7 Å². The summed E-state index contributed by atoms with van der Waals surface area (Å²) in [5, 5.41) is 0. The number of hydrogen-bond donors (Lipinski definition) is 0. The number of fused-ring (bicyclic) bond motifs is 2. The summed E-state index contributed by atoms with van der Waals surface area (Å²) in [5.74, 6) is 0.501. The lowest BCUT2D eigenvalue weighted by Gasteiger charge is -2.30. The van der Waals surface area contributed by atoms with E-state index in [1.54, 1.807) is 0 Å². The Morgan fingerprint density at radius 1 is 1.16 bits per heavy atom. The SMILES string of the molecule is COC(=O)C(CC(C)(C)C)c1c(C)nc2c(c1-c1ccc3c(c1)CCCO3)CCCC2. The van der Waals surface area contributed by atoms with Crippen LogP contribution in [0.3, 0.4) is 0 Å². The molecule has 0 bridgehead atoms. The Morgan fingerprint density at radius 3 is 2.68 bits per heavy atom. The molecule has 1 aromatic carbocycles. The molecule has 0 saturated heterocycles. The van der Waals surface area contributed by atoms with Gasteiger partial charge in [-0.1, -0.05) is 26.8 Å². The lowest BCUT2D eigenvalue weighted by atomic mass is 9.76. The van der Waals surface area contributed by atoms with Gasteiger partial charge in [0.15, 0.2) is 0 Å². The van der Waals surface area contributed by atoms with Crippen LogP contribution >= 0.6 is 0 Å². The number of methoxy groups -OCH3 is 1. The van der Waals surface area contributed by atoms with Crippen LogP contribution in [-0.4, -0.2) is 24.7 Å². The summed E-state index contributed by atoms with van der Waals surface area (Å²) in [7, 11) is 1.50. The van der Waals surface area contributed by atoms with Crippen LogP contribution in [0.15, 0.2) is 18.2 Å². The first-order chi connectivity index (χ1) is 14.8. The van der Waals surface area contributed by atoms with Gasteiger partial charge in [0.2, 0.25) is 0 Å². The summed E-state index contributed by atoms with van der Waals surface area (Å²) in [4.78, 5) is 18.1. The van der Waals surface area contributed by atoms with Gasteiger partial charge in [-0.2, -0.15) is 0 Å². The van der Waals surface area contributed by atoms with Crippen LogP contribution in [0.5, 0.6) is 5.75 Å². The van der Waals surface area contributed by atoms with Crippen LogP contribution in [0.4, 0.5) is 0 Å². The minimum absolute atomic E-state index is 0.0117. The molecule has 0 amide bonds. The van der Waals surface area contributed by atoms with E-state index in [-0.39, 0.29) is 17.3 Å². The highest BCUT2D eigenvalue weighted by molar-refractivity contribution is 5.85. The third-order valence-corrected chi connectivity index (χ3v) is 6.55. The predicted molar refractivity (Wildman–Crippen MR) is 124 cm³/mol. The monoisotopic (exact) mass is 421 g/mol. The van der Waals surface area contributed by atoms with E-state index in [0.29, 0.717) is 0 Å². The highest BCUT2D eigenvalue weighted by Gasteiger charge is 2.34. The molecule has 166 valence electrons. The van der Waals surface area contributed by atoms with Crippen LogP contribution in [0.2, 0.25) is 0 Å². The Hall–Kier alpha value is -2.36. The van der Waals surface area contributed by atoms with Gasteiger partial charge in [0.05, 0.1) is 19.6 Å². The first kappa shape index (κ1) is 21.9. The molecule has 4 nitrogen and oxygen atoms in total. The Labute approximate surface area is 186 Å². The molecular weight excluding hydrogens is 386 g/mol. The lowest BCUT2D eigenvalue weighted by molar-refractivity contribution is -0.143. The molecule has 0 fully saturated rings. The smallest absolute Gasteiger partial charge is 0.313 e. The number of carbonyl (C=O) groups is 1. The first-order valence-electron chi connectivity index (χ1n) is 11.6. The highest BCUT2D eigenvalue weighted by Crippen LogP contribution is 2.43. The average molecular weight is 422 g/mol. The molecule has 31 heavy (non-hydrogen) atoms. The summed E-state index contributed by atoms with van der Waals surface area (Å²) < 4.78 is 11.2. The van der Waals surface area contributed by atoms with E-state index in [2.05, 4.69) is 45.9 Å². The number of nitrogens with zero attached hydrogens (tertiary/aromatic N) is 1. The molecule has 0 radical (unpaired) electrons. The second-order valence-corrected chi connectivity index (χ2v) is 10.2. The number of pyridine rings is 1. The van der Waals surface area contributed by atoms with Crippen molar-refractivity contribution in [3.05, 3.63) is 46.3 Å². The summed E-state index contributed by atoms with van der Waals surface area (Å²) in [6, 6.07) is 6.56. The van der Waals surface area contributed by atoms with Crippen molar-refractivity contribution in [3.63, 3.8) is 0 Å². The largest absolute Gasteiger partial charge is 0.493 e. The Kier molecular flexibility index (Phi) is 6.09. The maximum absolute atomic E-state index is 13.1. The van der Waals surface area contributed by atoms with Crippen molar-refractivity contribution in [2.75, 3.05) is 13.7 Å². The molecule has 2 aliphatic rings. The van der Waals surface area contributed by atoms with E-state index in [4.69, 9.17) is 14.5 Å². The number of esters is 1. The summed E-state index contributed by atoms with van der Waals surface area (Å²) in [5.41, 5.74) is 8.20.